The van der Waals surface area contributed by atoms with Gasteiger partial charge in [-0.3, -0.25) is 0 Å². The lowest BCUT2D eigenvalue weighted by Gasteiger charge is -2.11. The number of nitrogens with zero attached hydrogens (tertiary/aromatic N) is 4. The smallest absolute Gasteiger partial charge is 0.433 e. The van der Waals surface area contributed by atoms with E-state index in [1.54, 1.807) is 6.07 Å². The molecule has 10 heteroatoms. The standard InChI is InChI=1S/C15H7F5N4O/c16-14(17)25-10-3-1-8(2-4-10)11-5-12(15(18,19)20)24-13(23-11)9(6-21)7-22-24/h1-5,7,14H. The first-order chi connectivity index (χ1) is 11.8. The van der Waals surface area contributed by atoms with Gasteiger partial charge in [-0.2, -0.15) is 32.3 Å². The van der Waals surface area contributed by atoms with Gasteiger partial charge in [-0.1, -0.05) is 0 Å². The fourth-order valence-corrected chi connectivity index (χ4v) is 2.20. The molecule has 5 nitrogen and oxygen atoms in total. The zero-order chi connectivity index (χ0) is 18.2. The molecule has 0 fully saturated rings. The highest BCUT2D eigenvalue weighted by atomic mass is 19.4. The van der Waals surface area contributed by atoms with Crippen LogP contribution < -0.4 is 4.74 Å². The lowest BCUT2D eigenvalue weighted by molar-refractivity contribution is -0.142. The largest absolute Gasteiger partial charge is 0.435 e. The van der Waals surface area contributed by atoms with Crippen molar-refractivity contribution < 1.29 is 26.7 Å². The summed E-state index contributed by atoms with van der Waals surface area (Å²) in [7, 11) is 0. The first-order valence-corrected chi connectivity index (χ1v) is 6.71. The van der Waals surface area contributed by atoms with Crippen LogP contribution in [-0.4, -0.2) is 21.2 Å². The van der Waals surface area contributed by atoms with Crippen molar-refractivity contribution in [3.05, 3.63) is 47.8 Å². The van der Waals surface area contributed by atoms with E-state index in [4.69, 9.17) is 5.26 Å². The second-order valence-electron chi connectivity index (χ2n) is 4.83. The minimum atomic E-state index is -4.73. The zero-order valence-electron chi connectivity index (χ0n) is 12.1. The van der Waals surface area contributed by atoms with Gasteiger partial charge in [-0.15, -0.1) is 0 Å². The van der Waals surface area contributed by atoms with Gasteiger partial charge in [0.05, 0.1) is 11.9 Å². The third-order valence-corrected chi connectivity index (χ3v) is 3.26. The molecule has 2 aromatic heterocycles. The summed E-state index contributed by atoms with van der Waals surface area (Å²) in [6.07, 6.45) is -3.74. The number of ether oxygens (including phenoxy) is 1. The Morgan fingerprint density at radius 1 is 1.16 bits per heavy atom. The van der Waals surface area contributed by atoms with E-state index < -0.39 is 18.5 Å². The lowest BCUT2D eigenvalue weighted by atomic mass is 10.1. The van der Waals surface area contributed by atoms with Crippen LogP contribution in [0, 0.1) is 11.3 Å². The van der Waals surface area contributed by atoms with E-state index in [-0.39, 0.29) is 28.2 Å². The number of benzene rings is 1. The van der Waals surface area contributed by atoms with Crippen LogP contribution in [0.3, 0.4) is 0 Å². The van der Waals surface area contributed by atoms with Crippen molar-refractivity contribution in [3.8, 4) is 23.1 Å². The Hall–Kier alpha value is -3.22. The highest BCUT2D eigenvalue weighted by Gasteiger charge is 2.35. The monoisotopic (exact) mass is 354 g/mol. The molecule has 0 saturated heterocycles. The fraction of sp³-hybridized carbons (Fsp3) is 0.133. The van der Waals surface area contributed by atoms with Crippen LogP contribution >= 0.6 is 0 Å². The zero-order valence-corrected chi connectivity index (χ0v) is 12.1. The predicted molar refractivity (Wildman–Crippen MR) is 74.8 cm³/mol. The number of hydrogen-bond acceptors (Lipinski definition) is 4. The van der Waals surface area contributed by atoms with Gasteiger partial charge in [0, 0.05) is 5.56 Å². The van der Waals surface area contributed by atoms with Gasteiger partial charge in [0.25, 0.3) is 0 Å². The normalized spacial score (nSPS) is 11.7. The molecule has 0 aliphatic heterocycles. The van der Waals surface area contributed by atoms with E-state index in [1.165, 1.54) is 24.3 Å². The van der Waals surface area contributed by atoms with Crippen LogP contribution in [0.5, 0.6) is 5.75 Å². The molecule has 0 amide bonds. The lowest BCUT2D eigenvalue weighted by Crippen LogP contribution is -2.13. The van der Waals surface area contributed by atoms with Crippen molar-refractivity contribution in [2.45, 2.75) is 12.8 Å². The molecule has 0 aliphatic carbocycles. The van der Waals surface area contributed by atoms with E-state index in [9.17, 15) is 22.0 Å². The molecule has 25 heavy (non-hydrogen) atoms. The Kier molecular flexibility index (Phi) is 4.00. The number of hydrogen-bond donors (Lipinski definition) is 0. The van der Waals surface area contributed by atoms with Crippen molar-refractivity contribution in [2.75, 3.05) is 0 Å². The predicted octanol–water partition coefficient (Wildman–Crippen LogP) is 3.89. The Bertz CT molecular complexity index is 957. The summed E-state index contributed by atoms with van der Waals surface area (Å²) in [6, 6.07) is 7.44. The third-order valence-electron chi connectivity index (χ3n) is 3.26. The first kappa shape index (κ1) is 16.6. The van der Waals surface area contributed by atoms with E-state index in [2.05, 4.69) is 14.8 Å². The van der Waals surface area contributed by atoms with Gasteiger partial charge in [0.1, 0.15) is 17.4 Å². The molecule has 0 aliphatic rings. The van der Waals surface area contributed by atoms with E-state index in [1.807, 2.05) is 0 Å². The molecule has 0 atom stereocenters. The molecular formula is C15H7F5N4O. The van der Waals surface area contributed by atoms with Crippen molar-refractivity contribution >= 4 is 5.65 Å². The number of halogens is 5. The number of rotatable bonds is 3. The summed E-state index contributed by atoms with van der Waals surface area (Å²) >= 11 is 0. The SMILES string of the molecule is N#Cc1cnn2c(C(F)(F)F)cc(-c3ccc(OC(F)F)cc3)nc12. The summed E-state index contributed by atoms with van der Waals surface area (Å²) in [6.45, 7) is -3.01. The number of alkyl halides is 5. The summed E-state index contributed by atoms with van der Waals surface area (Å²) in [5.41, 5.74) is -1.33. The molecule has 128 valence electrons. The van der Waals surface area contributed by atoms with Crippen LogP contribution in [0.1, 0.15) is 11.3 Å². The maximum Gasteiger partial charge on any atom is 0.433 e. The Labute approximate surface area is 136 Å². The Morgan fingerprint density at radius 3 is 2.40 bits per heavy atom. The maximum absolute atomic E-state index is 13.3. The average Bonchev–Trinajstić information content (AvgIpc) is 2.96. The second kappa shape index (κ2) is 6.01. The van der Waals surface area contributed by atoms with Crippen molar-refractivity contribution in [1.82, 2.24) is 14.6 Å². The van der Waals surface area contributed by atoms with E-state index >= 15 is 0 Å². The molecular weight excluding hydrogens is 347 g/mol. The van der Waals surface area contributed by atoms with Crippen LogP contribution in [0.15, 0.2) is 36.5 Å². The molecule has 0 radical (unpaired) electrons. The van der Waals surface area contributed by atoms with E-state index in [0.717, 1.165) is 12.3 Å². The van der Waals surface area contributed by atoms with Gasteiger partial charge in [-0.25, -0.2) is 9.50 Å². The van der Waals surface area contributed by atoms with Crippen LogP contribution in [0.2, 0.25) is 0 Å². The molecule has 0 unspecified atom stereocenters. The van der Waals surface area contributed by atoms with Crippen molar-refractivity contribution in [1.29, 1.82) is 5.26 Å². The quantitative estimate of drug-likeness (QED) is 0.670. The van der Waals surface area contributed by atoms with Crippen molar-refractivity contribution in [2.24, 2.45) is 0 Å². The van der Waals surface area contributed by atoms with Gasteiger partial charge in [-0.05, 0) is 30.3 Å². The number of aromatic nitrogens is 3. The highest BCUT2D eigenvalue weighted by molar-refractivity contribution is 5.66. The summed E-state index contributed by atoms with van der Waals surface area (Å²) < 4.78 is 68.8. The minimum absolute atomic E-state index is 0.0829. The summed E-state index contributed by atoms with van der Waals surface area (Å²) in [5.74, 6) is -0.141. The molecule has 3 aromatic rings. The van der Waals surface area contributed by atoms with Gasteiger partial charge < -0.3 is 4.74 Å². The topological polar surface area (TPSA) is 63.2 Å². The molecule has 0 N–H and O–H groups in total. The summed E-state index contributed by atoms with van der Waals surface area (Å²) in [4.78, 5) is 4.03. The Morgan fingerprint density at radius 2 is 1.84 bits per heavy atom. The van der Waals surface area contributed by atoms with Crippen molar-refractivity contribution in [3.63, 3.8) is 0 Å². The molecule has 0 bridgehead atoms. The summed E-state index contributed by atoms with van der Waals surface area (Å²) in [5, 5.41) is 12.5. The molecule has 1 aromatic carbocycles. The number of fused-ring (bicyclic) bond motifs is 1. The first-order valence-electron chi connectivity index (χ1n) is 6.71. The van der Waals surface area contributed by atoms with Crippen LogP contribution in [0.25, 0.3) is 16.9 Å². The third kappa shape index (κ3) is 3.21. The van der Waals surface area contributed by atoms with Gasteiger partial charge in [0.2, 0.25) is 0 Å². The average molecular weight is 354 g/mol. The number of nitriles is 1. The van der Waals surface area contributed by atoms with Crippen LogP contribution in [-0.2, 0) is 6.18 Å². The Balaban J connectivity index is 2.14. The van der Waals surface area contributed by atoms with Crippen LogP contribution in [0.4, 0.5) is 22.0 Å². The minimum Gasteiger partial charge on any atom is -0.435 e. The second-order valence-corrected chi connectivity index (χ2v) is 4.83. The van der Waals surface area contributed by atoms with Gasteiger partial charge in [0.15, 0.2) is 11.3 Å². The molecule has 2 heterocycles. The van der Waals surface area contributed by atoms with E-state index in [0.29, 0.717) is 4.52 Å². The molecule has 0 saturated carbocycles. The fourth-order valence-electron chi connectivity index (χ4n) is 2.20. The highest BCUT2D eigenvalue weighted by Crippen LogP contribution is 2.33. The maximum atomic E-state index is 13.3. The molecule has 3 rings (SSSR count). The van der Waals surface area contributed by atoms with Gasteiger partial charge >= 0.3 is 12.8 Å². The molecule has 0 spiro atoms.